The summed E-state index contributed by atoms with van der Waals surface area (Å²) in [5.41, 5.74) is 0.880. The van der Waals surface area contributed by atoms with Crippen molar-refractivity contribution in [3.63, 3.8) is 0 Å². The second-order valence-corrected chi connectivity index (χ2v) is 6.70. The van der Waals surface area contributed by atoms with Crippen LogP contribution in [0.4, 0.5) is 0 Å². The number of benzene rings is 1. The average Bonchev–Trinajstić information content (AvgIpc) is 2.48. The quantitative estimate of drug-likeness (QED) is 0.489. The molecule has 1 aromatic rings. The van der Waals surface area contributed by atoms with E-state index in [1.807, 2.05) is 0 Å². The standard InChI is InChI=1S/C13H18O8S/c1-7-2-4-8(5-3-7)22(18,19)20-6-9-10(14)11(15)12(16)13(17)21-9/h2-5,9-17H,6H2,1H3/t9-,10+,11+,12-,13?/m1/s1. The number of rotatable bonds is 4. The second kappa shape index (κ2) is 6.59. The molecular weight excluding hydrogens is 316 g/mol. The Morgan fingerprint density at radius 1 is 1.05 bits per heavy atom. The van der Waals surface area contributed by atoms with Gasteiger partial charge in [0, 0.05) is 0 Å². The molecule has 0 aliphatic carbocycles. The number of aliphatic hydroxyl groups excluding tert-OH is 4. The Labute approximate surface area is 127 Å². The van der Waals surface area contributed by atoms with Gasteiger partial charge in [0.05, 0.1) is 11.5 Å². The summed E-state index contributed by atoms with van der Waals surface area (Å²) >= 11 is 0. The van der Waals surface area contributed by atoms with Gasteiger partial charge >= 0.3 is 0 Å². The zero-order valence-electron chi connectivity index (χ0n) is 11.7. The summed E-state index contributed by atoms with van der Waals surface area (Å²) < 4.78 is 33.6. The van der Waals surface area contributed by atoms with E-state index in [1.54, 1.807) is 19.1 Å². The summed E-state index contributed by atoms with van der Waals surface area (Å²) in [4.78, 5) is -0.0652. The Bertz CT molecular complexity index is 599. The Morgan fingerprint density at radius 3 is 2.23 bits per heavy atom. The van der Waals surface area contributed by atoms with Gasteiger partial charge in [-0.2, -0.15) is 8.42 Å². The van der Waals surface area contributed by atoms with Gasteiger partial charge in [-0.15, -0.1) is 0 Å². The van der Waals surface area contributed by atoms with E-state index in [-0.39, 0.29) is 4.90 Å². The maximum absolute atomic E-state index is 12.0. The molecule has 5 atom stereocenters. The van der Waals surface area contributed by atoms with E-state index in [9.17, 15) is 28.8 Å². The number of aliphatic hydroxyl groups is 4. The highest BCUT2D eigenvalue weighted by Gasteiger charge is 2.43. The molecule has 124 valence electrons. The number of aryl methyl sites for hydroxylation is 1. The predicted octanol–water partition coefficient (Wildman–Crippen LogP) is -1.50. The van der Waals surface area contributed by atoms with E-state index >= 15 is 0 Å². The van der Waals surface area contributed by atoms with Gasteiger partial charge < -0.3 is 25.2 Å². The van der Waals surface area contributed by atoms with Crippen molar-refractivity contribution in [3.05, 3.63) is 29.8 Å². The van der Waals surface area contributed by atoms with E-state index in [0.717, 1.165) is 5.56 Å². The molecule has 0 saturated carbocycles. The molecule has 1 aromatic carbocycles. The topological polar surface area (TPSA) is 134 Å². The molecule has 9 heteroatoms. The highest BCUT2D eigenvalue weighted by Crippen LogP contribution is 2.21. The average molecular weight is 334 g/mol. The van der Waals surface area contributed by atoms with Crippen LogP contribution >= 0.6 is 0 Å². The fraction of sp³-hybridized carbons (Fsp3) is 0.538. The molecule has 22 heavy (non-hydrogen) atoms. The predicted molar refractivity (Wildman–Crippen MR) is 73.2 cm³/mol. The molecule has 0 bridgehead atoms. The van der Waals surface area contributed by atoms with Crippen molar-refractivity contribution in [1.29, 1.82) is 0 Å². The monoisotopic (exact) mass is 334 g/mol. The lowest BCUT2D eigenvalue weighted by Crippen LogP contribution is -2.58. The summed E-state index contributed by atoms with van der Waals surface area (Å²) in [7, 11) is -4.07. The molecule has 0 amide bonds. The molecule has 1 unspecified atom stereocenters. The van der Waals surface area contributed by atoms with Gasteiger partial charge in [-0.25, -0.2) is 0 Å². The maximum atomic E-state index is 12.0. The van der Waals surface area contributed by atoms with Crippen LogP contribution < -0.4 is 0 Å². The van der Waals surface area contributed by atoms with Crippen molar-refractivity contribution in [2.24, 2.45) is 0 Å². The molecule has 2 rings (SSSR count). The Morgan fingerprint density at radius 2 is 1.64 bits per heavy atom. The molecule has 0 spiro atoms. The molecule has 8 nitrogen and oxygen atoms in total. The number of hydrogen-bond donors (Lipinski definition) is 4. The molecule has 0 aromatic heterocycles. The van der Waals surface area contributed by atoms with Crippen molar-refractivity contribution < 1.29 is 37.8 Å². The molecule has 1 heterocycles. The molecule has 1 saturated heterocycles. The van der Waals surface area contributed by atoms with Crippen molar-refractivity contribution >= 4 is 10.1 Å². The minimum atomic E-state index is -4.07. The van der Waals surface area contributed by atoms with Crippen molar-refractivity contribution in [3.8, 4) is 0 Å². The van der Waals surface area contributed by atoms with Crippen LogP contribution in [-0.2, 0) is 19.0 Å². The van der Waals surface area contributed by atoms with Crippen LogP contribution in [0.1, 0.15) is 5.56 Å². The first-order valence-corrected chi connectivity index (χ1v) is 7.97. The van der Waals surface area contributed by atoms with E-state index in [4.69, 9.17) is 8.92 Å². The van der Waals surface area contributed by atoms with Crippen LogP contribution in [0.3, 0.4) is 0 Å². The van der Waals surface area contributed by atoms with Gasteiger partial charge in [-0.05, 0) is 19.1 Å². The van der Waals surface area contributed by atoms with Crippen molar-refractivity contribution in [1.82, 2.24) is 0 Å². The van der Waals surface area contributed by atoms with Crippen molar-refractivity contribution in [2.75, 3.05) is 6.61 Å². The summed E-state index contributed by atoms with van der Waals surface area (Å²) in [6.07, 6.45) is -7.98. The van der Waals surface area contributed by atoms with E-state index in [1.165, 1.54) is 12.1 Å². The zero-order chi connectivity index (χ0) is 16.5. The lowest BCUT2D eigenvalue weighted by atomic mass is 10.00. The normalized spacial score (nSPS) is 32.9. The van der Waals surface area contributed by atoms with Crippen LogP contribution in [-0.4, -0.2) is 66.2 Å². The van der Waals surface area contributed by atoms with E-state index < -0.39 is 47.4 Å². The largest absolute Gasteiger partial charge is 0.387 e. The van der Waals surface area contributed by atoms with Crippen LogP contribution in [0.5, 0.6) is 0 Å². The van der Waals surface area contributed by atoms with E-state index in [2.05, 4.69) is 0 Å². The van der Waals surface area contributed by atoms with Gasteiger partial charge in [0.25, 0.3) is 10.1 Å². The smallest absolute Gasteiger partial charge is 0.297 e. The summed E-state index contributed by atoms with van der Waals surface area (Å²) in [5.74, 6) is 0. The first-order chi connectivity index (χ1) is 10.2. The van der Waals surface area contributed by atoms with Gasteiger partial charge in [-0.3, -0.25) is 4.18 Å². The third-order valence-corrected chi connectivity index (χ3v) is 4.68. The van der Waals surface area contributed by atoms with Crippen LogP contribution in [0.15, 0.2) is 29.2 Å². The minimum absolute atomic E-state index is 0.0652. The highest BCUT2D eigenvalue weighted by molar-refractivity contribution is 7.86. The Kier molecular flexibility index (Phi) is 5.17. The fourth-order valence-corrected chi connectivity index (χ4v) is 2.92. The second-order valence-electron chi connectivity index (χ2n) is 5.09. The molecule has 0 radical (unpaired) electrons. The first-order valence-electron chi connectivity index (χ1n) is 6.56. The van der Waals surface area contributed by atoms with Gasteiger partial charge in [0.2, 0.25) is 0 Å². The lowest BCUT2D eigenvalue weighted by molar-refractivity contribution is -0.285. The fourth-order valence-electron chi connectivity index (χ4n) is 2.00. The van der Waals surface area contributed by atoms with E-state index in [0.29, 0.717) is 0 Å². The molecule has 1 fully saturated rings. The first kappa shape index (κ1) is 17.3. The molecule has 1 aliphatic rings. The molecular formula is C13H18O8S. The minimum Gasteiger partial charge on any atom is -0.387 e. The highest BCUT2D eigenvalue weighted by atomic mass is 32.2. The Balaban J connectivity index is 2.04. The molecule has 4 N–H and O–H groups in total. The SMILES string of the molecule is Cc1ccc(S(=O)(=O)OC[C@H]2OC(O)[C@H](O)[C@@H](O)[C@H]2O)cc1. The van der Waals surface area contributed by atoms with Gasteiger partial charge in [0.1, 0.15) is 24.4 Å². The van der Waals surface area contributed by atoms with Crippen molar-refractivity contribution in [2.45, 2.75) is 42.5 Å². The van der Waals surface area contributed by atoms with Gasteiger partial charge in [-0.1, -0.05) is 17.7 Å². The molecule has 1 aliphatic heterocycles. The zero-order valence-corrected chi connectivity index (χ0v) is 12.5. The number of ether oxygens (including phenoxy) is 1. The third-order valence-electron chi connectivity index (χ3n) is 3.38. The van der Waals surface area contributed by atoms with Gasteiger partial charge in [0.15, 0.2) is 6.29 Å². The summed E-state index contributed by atoms with van der Waals surface area (Å²) in [6.45, 7) is 1.19. The lowest BCUT2D eigenvalue weighted by Gasteiger charge is -2.37. The summed E-state index contributed by atoms with van der Waals surface area (Å²) in [6, 6.07) is 5.95. The summed E-state index contributed by atoms with van der Waals surface area (Å²) in [5, 5.41) is 37.9. The van der Waals surface area contributed by atoms with Crippen LogP contribution in [0, 0.1) is 6.92 Å². The maximum Gasteiger partial charge on any atom is 0.297 e. The van der Waals surface area contributed by atoms with Crippen LogP contribution in [0.2, 0.25) is 0 Å². The van der Waals surface area contributed by atoms with Crippen LogP contribution in [0.25, 0.3) is 0 Å². The third kappa shape index (κ3) is 3.63. The Hall–Kier alpha value is -1.07. The number of hydrogen-bond acceptors (Lipinski definition) is 8.